The highest BCUT2D eigenvalue weighted by molar-refractivity contribution is 6.00. The molecule has 0 saturated heterocycles. The first-order valence-corrected chi connectivity index (χ1v) is 14.3. The molecular weight excluding hydrogens is 644 g/mol. The van der Waals surface area contributed by atoms with Gasteiger partial charge in [-0.25, -0.2) is 0 Å². The molecule has 0 radical (unpaired) electrons. The van der Waals surface area contributed by atoms with E-state index in [0.29, 0.717) is 11.5 Å². The Hall–Kier alpha value is -6.88. The van der Waals surface area contributed by atoms with E-state index in [2.05, 4.69) is 21.7 Å². The molecule has 17 nitrogen and oxygen atoms in total. The van der Waals surface area contributed by atoms with Gasteiger partial charge in [-0.2, -0.15) is 0 Å². The summed E-state index contributed by atoms with van der Waals surface area (Å²) < 4.78 is 16.7. The van der Waals surface area contributed by atoms with Gasteiger partial charge in [0.15, 0.2) is 0 Å². The highest BCUT2D eigenvalue weighted by Crippen LogP contribution is 2.15. The van der Waals surface area contributed by atoms with Crippen LogP contribution in [0, 0.1) is 20.2 Å². The number of ether oxygens (including phenoxy) is 3. The van der Waals surface area contributed by atoms with E-state index in [0.717, 1.165) is 12.1 Å². The first-order valence-electron chi connectivity index (χ1n) is 14.3. The molecule has 4 aromatic rings. The van der Waals surface area contributed by atoms with E-state index in [1.165, 1.54) is 60.7 Å². The van der Waals surface area contributed by atoms with Crippen LogP contribution < -0.4 is 31.2 Å². The van der Waals surface area contributed by atoms with Gasteiger partial charge in [-0.15, -0.1) is 0 Å². The zero-order valence-corrected chi connectivity index (χ0v) is 25.5. The zero-order valence-electron chi connectivity index (χ0n) is 25.5. The van der Waals surface area contributed by atoms with E-state index >= 15 is 0 Å². The van der Waals surface area contributed by atoms with Gasteiger partial charge < -0.3 is 14.2 Å². The zero-order chi connectivity index (χ0) is 35.2. The number of nitrogens with one attached hydrogen (secondary N) is 4. The number of benzene rings is 4. The Morgan fingerprint density at radius 2 is 0.837 bits per heavy atom. The monoisotopic (exact) mass is 672 g/mol. The molecule has 49 heavy (non-hydrogen) atoms. The summed E-state index contributed by atoms with van der Waals surface area (Å²) in [5, 5.41) is 21.8. The normalized spacial score (nSPS) is 10.3. The summed E-state index contributed by atoms with van der Waals surface area (Å²) in [6, 6.07) is 22.4. The van der Waals surface area contributed by atoms with Crippen LogP contribution >= 0.6 is 0 Å². The second kappa shape index (κ2) is 17.2. The second-order valence-corrected chi connectivity index (χ2v) is 9.79. The van der Waals surface area contributed by atoms with Gasteiger partial charge in [-0.05, 0) is 60.7 Å². The Bertz CT molecular complexity index is 1700. The fourth-order valence-corrected chi connectivity index (χ4v) is 3.98. The first-order chi connectivity index (χ1) is 23.6. The number of nitrogens with zero attached hydrogens (tertiary/aromatic N) is 2. The molecule has 0 aliphatic carbocycles. The van der Waals surface area contributed by atoms with Crippen LogP contribution in [-0.2, 0) is 4.74 Å². The number of carbonyl (C=O) groups is 4. The molecule has 4 aromatic carbocycles. The summed E-state index contributed by atoms with van der Waals surface area (Å²) in [7, 11) is 0. The van der Waals surface area contributed by atoms with Crippen molar-refractivity contribution < 1.29 is 43.2 Å². The average molecular weight is 673 g/mol. The van der Waals surface area contributed by atoms with Crippen LogP contribution in [-0.4, -0.2) is 59.9 Å². The highest BCUT2D eigenvalue weighted by Gasteiger charge is 2.14. The highest BCUT2D eigenvalue weighted by atomic mass is 16.6. The molecule has 0 bridgehead atoms. The Kier molecular flexibility index (Phi) is 12.2. The van der Waals surface area contributed by atoms with E-state index in [1.54, 1.807) is 24.3 Å². The third-order valence-electron chi connectivity index (χ3n) is 6.44. The summed E-state index contributed by atoms with van der Waals surface area (Å²) in [5.41, 5.74) is 8.89. The van der Waals surface area contributed by atoms with Crippen molar-refractivity contribution in [1.29, 1.82) is 0 Å². The number of rotatable bonds is 14. The second-order valence-electron chi connectivity index (χ2n) is 9.79. The number of hydrazine groups is 2. The molecule has 0 aliphatic rings. The number of carbonyl (C=O) groups excluding carboxylic acids is 4. The van der Waals surface area contributed by atoms with Crippen molar-refractivity contribution in [3.8, 4) is 11.5 Å². The molecule has 252 valence electrons. The maximum absolute atomic E-state index is 12.3. The van der Waals surface area contributed by atoms with Crippen LogP contribution in [0.5, 0.6) is 11.5 Å². The van der Waals surface area contributed by atoms with Gasteiger partial charge in [0.25, 0.3) is 35.0 Å². The number of nitro groups is 2. The molecule has 0 aliphatic heterocycles. The van der Waals surface area contributed by atoms with Gasteiger partial charge in [0, 0.05) is 46.5 Å². The lowest BCUT2D eigenvalue weighted by molar-refractivity contribution is -0.385. The van der Waals surface area contributed by atoms with Crippen molar-refractivity contribution in [3.05, 3.63) is 140 Å². The minimum Gasteiger partial charge on any atom is -0.491 e. The topological polar surface area (TPSA) is 230 Å². The van der Waals surface area contributed by atoms with Crippen molar-refractivity contribution in [1.82, 2.24) is 21.7 Å². The number of nitro benzene ring substituents is 2. The first kappa shape index (κ1) is 35.0. The van der Waals surface area contributed by atoms with Crippen LogP contribution in [0.1, 0.15) is 41.4 Å². The minimum atomic E-state index is -0.715. The van der Waals surface area contributed by atoms with Gasteiger partial charge in [0.05, 0.1) is 23.1 Å². The predicted molar refractivity (Wildman–Crippen MR) is 171 cm³/mol. The Morgan fingerprint density at radius 1 is 0.490 bits per heavy atom. The van der Waals surface area contributed by atoms with Gasteiger partial charge in [-0.3, -0.25) is 61.1 Å². The smallest absolute Gasteiger partial charge is 0.270 e. The van der Waals surface area contributed by atoms with Crippen LogP contribution in [0.3, 0.4) is 0 Å². The third kappa shape index (κ3) is 10.6. The molecule has 0 unspecified atom stereocenters. The van der Waals surface area contributed by atoms with E-state index < -0.39 is 33.5 Å². The van der Waals surface area contributed by atoms with Crippen LogP contribution in [0.15, 0.2) is 97.1 Å². The maximum atomic E-state index is 12.3. The van der Waals surface area contributed by atoms with Crippen LogP contribution in [0.25, 0.3) is 0 Å². The predicted octanol–water partition coefficient (Wildman–Crippen LogP) is 3.13. The van der Waals surface area contributed by atoms with E-state index in [1.807, 2.05) is 0 Å². The van der Waals surface area contributed by atoms with Gasteiger partial charge in [-0.1, -0.05) is 12.1 Å². The molecule has 0 heterocycles. The Labute approximate surface area is 277 Å². The molecule has 0 aromatic heterocycles. The van der Waals surface area contributed by atoms with Crippen molar-refractivity contribution in [3.63, 3.8) is 0 Å². The number of hydrogen-bond acceptors (Lipinski definition) is 11. The molecular formula is C32H28N6O11. The van der Waals surface area contributed by atoms with Crippen LogP contribution in [0.4, 0.5) is 11.4 Å². The van der Waals surface area contributed by atoms with Gasteiger partial charge >= 0.3 is 0 Å². The lowest BCUT2D eigenvalue weighted by atomic mass is 10.2. The molecule has 0 spiro atoms. The molecule has 0 fully saturated rings. The van der Waals surface area contributed by atoms with Gasteiger partial charge in [0.2, 0.25) is 0 Å². The van der Waals surface area contributed by atoms with Gasteiger partial charge in [0.1, 0.15) is 24.7 Å². The lowest BCUT2D eigenvalue weighted by Gasteiger charge is -2.10. The van der Waals surface area contributed by atoms with Crippen LogP contribution in [0.2, 0.25) is 0 Å². The average Bonchev–Trinajstić information content (AvgIpc) is 3.12. The van der Waals surface area contributed by atoms with E-state index in [9.17, 15) is 39.4 Å². The molecule has 4 N–H and O–H groups in total. The van der Waals surface area contributed by atoms with Crippen molar-refractivity contribution in [2.45, 2.75) is 0 Å². The molecule has 17 heteroatoms. The fourth-order valence-electron chi connectivity index (χ4n) is 3.98. The third-order valence-corrected chi connectivity index (χ3v) is 6.44. The maximum Gasteiger partial charge on any atom is 0.270 e. The molecule has 4 rings (SSSR count). The Balaban J connectivity index is 1.08. The molecule has 0 atom stereocenters. The standard InChI is InChI=1S/C32H28N6O11/c39-29(33-35-31(41)23-3-1-5-25(19-23)37(43)44)21-7-11-27(12-8-21)48-17-15-47-16-18-49-28-13-9-22(10-14-28)30(40)34-36-32(42)24-4-2-6-26(20-24)38(45)46/h1-14,19-20H,15-18H2,(H,33,39)(H,34,40)(H,35,41)(H,36,42). The SMILES string of the molecule is O=C(NNC(=O)c1cccc([N+](=O)[O-])c1)c1ccc(OCCOCCOc2ccc(C(=O)NNC(=O)c3cccc([N+](=O)[O-])c3)cc2)cc1. The summed E-state index contributed by atoms with van der Waals surface area (Å²) in [6.45, 7) is 0.922. The minimum absolute atomic E-state index is 0.0112. The molecule has 0 saturated carbocycles. The van der Waals surface area contributed by atoms with Crippen molar-refractivity contribution in [2.24, 2.45) is 0 Å². The number of non-ortho nitro benzene ring substituents is 2. The number of hydrogen-bond donors (Lipinski definition) is 4. The lowest BCUT2D eigenvalue weighted by Crippen LogP contribution is -2.41. The summed E-state index contributed by atoms with van der Waals surface area (Å²) in [5.74, 6) is -1.68. The molecule has 4 amide bonds. The van der Waals surface area contributed by atoms with E-state index in [4.69, 9.17) is 14.2 Å². The summed E-state index contributed by atoms with van der Waals surface area (Å²) in [6.07, 6.45) is 0. The quantitative estimate of drug-likeness (QED) is 0.0863. The van der Waals surface area contributed by atoms with Crippen molar-refractivity contribution >= 4 is 35.0 Å². The largest absolute Gasteiger partial charge is 0.491 e. The van der Waals surface area contributed by atoms with E-state index in [-0.39, 0.29) is 60.1 Å². The fraction of sp³-hybridized carbons (Fsp3) is 0.125. The number of amides is 4. The summed E-state index contributed by atoms with van der Waals surface area (Å²) >= 11 is 0. The summed E-state index contributed by atoms with van der Waals surface area (Å²) in [4.78, 5) is 69.6. The Morgan fingerprint density at radius 3 is 1.18 bits per heavy atom. The van der Waals surface area contributed by atoms with Crippen molar-refractivity contribution in [2.75, 3.05) is 26.4 Å².